The number of rotatable bonds is 3. The zero-order valence-corrected chi connectivity index (χ0v) is 9.68. The molecule has 2 nitrogen and oxygen atoms in total. The fraction of sp³-hybridized carbons (Fsp3) is 0.0769. The lowest BCUT2D eigenvalue weighted by Gasteiger charge is -2.11. The smallest absolute Gasteiger partial charge is 0.233 e. The van der Waals surface area contributed by atoms with Crippen LogP contribution in [0.15, 0.2) is 60.7 Å². The maximum atomic E-state index is 12.1. The van der Waals surface area contributed by atoms with Gasteiger partial charge in [-0.2, -0.15) is 0 Å². The lowest BCUT2D eigenvalue weighted by Crippen LogP contribution is -2.05. The van der Waals surface area contributed by atoms with Crippen LogP contribution in [0.3, 0.4) is 0 Å². The van der Waals surface area contributed by atoms with E-state index >= 15 is 0 Å². The average Bonchev–Trinajstić information content (AvgIpc) is 2.31. The Morgan fingerprint density at radius 1 is 0.875 bits per heavy atom. The van der Waals surface area contributed by atoms with E-state index in [-0.39, 0.29) is 6.16 Å². The molecule has 1 atom stereocenters. The van der Waals surface area contributed by atoms with E-state index in [2.05, 4.69) is 0 Å². The molecule has 0 amide bonds. The summed E-state index contributed by atoms with van der Waals surface area (Å²) in [6.45, 7) is 0. The topological polar surface area (TPSA) is 37.3 Å². The van der Waals surface area contributed by atoms with E-state index in [0.717, 1.165) is 5.56 Å². The Kier molecular flexibility index (Phi) is 3.23. The van der Waals surface area contributed by atoms with Gasteiger partial charge in [-0.3, -0.25) is 4.57 Å². The first-order chi connectivity index (χ1) is 7.68. The van der Waals surface area contributed by atoms with E-state index in [4.69, 9.17) is 0 Å². The molecule has 2 aromatic carbocycles. The van der Waals surface area contributed by atoms with Crippen molar-refractivity contribution in [3.05, 3.63) is 66.2 Å². The Balaban J connectivity index is 2.25. The first kappa shape index (κ1) is 11.1. The van der Waals surface area contributed by atoms with Gasteiger partial charge in [-0.1, -0.05) is 48.5 Å². The van der Waals surface area contributed by atoms with Crippen LogP contribution in [0.4, 0.5) is 0 Å². The molecule has 0 saturated heterocycles. The highest BCUT2D eigenvalue weighted by Crippen LogP contribution is 2.42. The van der Waals surface area contributed by atoms with Crippen molar-refractivity contribution in [2.24, 2.45) is 0 Å². The highest BCUT2D eigenvalue weighted by Gasteiger charge is 2.20. The Hall–Kier alpha value is -1.37. The van der Waals surface area contributed by atoms with Crippen molar-refractivity contribution in [1.29, 1.82) is 0 Å². The molecule has 0 saturated carbocycles. The monoisotopic (exact) mass is 232 g/mol. The van der Waals surface area contributed by atoms with Crippen LogP contribution in [0.5, 0.6) is 0 Å². The molecule has 0 spiro atoms. The summed E-state index contributed by atoms with van der Waals surface area (Å²) in [7, 11) is -3.27. The van der Waals surface area contributed by atoms with E-state index in [1.807, 2.05) is 36.4 Å². The molecule has 0 aliphatic carbocycles. The molecule has 0 radical (unpaired) electrons. The van der Waals surface area contributed by atoms with Crippen molar-refractivity contribution in [3.8, 4) is 0 Å². The molecule has 2 aromatic rings. The van der Waals surface area contributed by atoms with Gasteiger partial charge in [0.2, 0.25) is 7.37 Å². The molecule has 82 valence electrons. The van der Waals surface area contributed by atoms with E-state index < -0.39 is 7.37 Å². The number of benzene rings is 2. The third-order valence-electron chi connectivity index (χ3n) is 2.40. The van der Waals surface area contributed by atoms with Crippen LogP contribution in [-0.4, -0.2) is 4.89 Å². The fourth-order valence-corrected chi connectivity index (χ4v) is 3.11. The fourth-order valence-electron chi connectivity index (χ4n) is 1.58. The van der Waals surface area contributed by atoms with E-state index in [9.17, 15) is 9.46 Å². The van der Waals surface area contributed by atoms with Gasteiger partial charge in [-0.25, -0.2) is 0 Å². The van der Waals surface area contributed by atoms with Gasteiger partial charge in [0.1, 0.15) is 0 Å². The van der Waals surface area contributed by atoms with Crippen LogP contribution in [-0.2, 0) is 10.7 Å². The lowest BCUT2D eigenvalue weighted by atomic mass is 10.2. The second-order valence-corrected chi connectivity index (χ2v) is 5.92. The minimum absolute atomic E-state index is 0.192. The molecule has 0 aliphatic heterocycles. The molecular formula is C13H13O2P. The molecular weight excluding hydrogens is 219 g/mol. The Bertz CT molecular complexity index is 494. The zero-order valence-electron chi connectivity index (χ0n) is 8.78. The van der Waals surface area contributed by atoms with Crippen molar-refractivity contribution < 1.29 is 9.46 Å². The van der Waals surface area contributed by atoms with Gasteiger partial charge >= 0.3 is 0 Å². The van der Waals surface area contributed by atoms with Crippen LogP contribution in [0.25, 0.3) is 0 Å². The van der Waals surface area contributed by atoms with Gasteiger partial charge < -0.3 is 4.89 Å². The Morgan fingerprint density at radius 3 is 1.94 bits per heavy atom. The van der Waals surface area contributed by atoms with Crippen LogP contribution >= 0.6 is 7.37 Å². The van der Waals surface area contributed by atoms with Gasteiger partial charge in [0.05, 0.1) is 6.16 Å². The second-order valence-electron chi connectivity index (χ2n) is 3.68. The average molecular weight is 232 g/mol. The Morgan fingerprint density at radius 2 is 1.38 bits per heavy atom. The minimum atomic E-state index is -3.27. The maximum Gasteiger partial charge on any atom is 0.233 e. The molecule has 2 rings (SSSR count). The summed E-state index contributed by atoms with van der Waals surface area (Å²) in [4.78, 5) is 9.99. The van der Waals surface area contributed by atoms with Crippen LogP contribution in [0, 0.1) is 0 Å². The van der Waals surface area contributed by atoms with E-state index in [1.54, 1.807) is 24.3 Å². The first-order valence-corrected chi connectivity index (χ1v) is 6.94. The summed E-state index contributed by atoms with van der Waals surface area (Å²) >= 11 is 0. The summed E-state index contributed by atoms with van der Waals surface area (Å²) < 4.78 is 12.1. The predicted octanol–water partition coefficient (Wildman–Crippen LogP) is 2.78. The molecule has 16 heavy (non-hydrogen) atoms. The molecule has 3 heteroatoms. The van der Waals surface area contributed by atoms with Crippen molar-refractivity contribution in [2.75, 3.05) is 0 Å². The SMILES string of the molecule is O=P(O)(Cc1ccccc1)c1ccccc1. The summed E-state index contributed by atoms with van der Waals surface area (Å²) in [5.74, 6) is 0. The van der Waals surface area contributed by atoms with Crippen molar-refractivity contribution in [3.63, 3.8) is 0 Å². The minimum Gasteiger partial charge on any atom is -0.341 e. The zero-order chi connectivity index (χ0) is 11.4. The molecule has 0 aromatic heterocycles. The standard InChI is InChI=1S/C13H13O2P/c14-16(15,13-9-5-2-6-10-13)11-12-7-3-1-4-8-12/h1-10H,11H2,(H,14,15). The largest absolute Gasteiger partial charge is 0.341 e. The van der Waals surface area contributed by atoms with Crippen LogP contribution < -0.4 is 5.30 Å². The predicted molar refractivity (Wildman–Crippen MR) is 66.0 cm³/mol. The quantitative estimate of drug-likeness (QED) is 0.826. The van der Waals surface area contributed by atoms with Gasteiger partial charge in [-0.15, -0.1) is 0 Å². The van der Waals surface area contributed by atoms with Gasteiger partial charge in [0.25, 0.3) is 0 Å². The van der Waals surface area contributed by atoms with Crippen LogP contribution in [0.1, 0.15) is 5.56 Å². The highest BCUT2D eigenvalue weighted by atomic mass is 31.2. The van der Waals surface area contributed by atoms with Crippen LogP contribution in [0.2, 0.25) is 0 Å². The number of hydrogen-bond acceptors (Lipinski definition) is 1. The van der Waals surface area contributed by atoms with Crippen molar-refractivity contribution in [1.82, 2.24) is 0 Å². The summed E-state index contributed by atoms with van der Waals surface area (Å²) in [5.41, 5.74) is 0.886. The third kappa shape index (κ3) is 2.60. The molecule has 0 bridgehead atoms. The van der Waals surface area contributed by atoms with E-state index in [0.29, 0.717) is 5.30 Å². The van der Waals surface area contributed by atoms with E-state index in [1.165, 1.54) is 0 Å². The normalized spacial score (nSPS) is 14.3. The first-order valence-electron chi connectivity index (χ1n) is 5.10. The second kappa shape index (κ2) is 4.65. The summed E-state index contributed by atoms with van der Waals surface area (Å²) in [6.07, 6.45) is 0.192. The lowest BCUT2D eigenvalue weighted by molar-refractivity contribution is 0.489. The molecule has 0 aliphatic rings. The van der Waals surface area contributed by atoms with Gasteiger partial charge in [-0.05, 0) is 17.7 Å². The summed E-state index contributed by atoms with van der Waals surface area (Å²) in [6, 6.07) is 18.2. The van der Waals surface area contributed by atoms with Gasteiger partial charge in [0, 0.05) is 5.30 Å². The molecule has 1 N–H and O–H groups in total. The molecule has 0 fully saturated rings. The molecule has 0 heterocycles. The maximum absolute atomic E-state index is 12.1. The molecule has 1 unspecified atom stereocenters. The Labute approximate surface area is 95.0 Å². The van der Waals surface area contributed by atoms with Crippen molar-refractivity contribution in [2.45, 2.75) is 6.16 Å². The van der Waals surface area contributed by atoms with Gasteiger partial charge in [0.15, 0.2) is 0 Å². The summed E-state index contributed by atoms with van der Waals surface area (Å²) in [5, 5.41) is 0.513. The van der Waals surface area contributed by atoms with Crippen molar-refractivity contribution >= 4 is 12.7 Å². The third-order valence-corrected chi connectivity index (χ3v) is 4.30. The number of hydrogen-bond donors (Lipinski definition) is 1. The highest BCUT2D eigenvalue weighted by molar-refractivity contribution is 7.65.